The fourth-order valence-corrected chi connectivity index (χ4v) is 2.81. The van der Waals surface area contributed by atoms with E-state index in [4.69, 9.17) is 5.73 Å². The highest BCUT2D eigenvalue weighted by atomic mass is 15.3. The standard InChI is InChI=1S/C13H23N3/c1-3-10-4-6-11(7-5-10)13(14)12-8-9-16(2)15-12/h8-11,13H,3-7,14H2,1-2H3. The maximum atomic E-state index is 6.29. The van der Waals surface area contributed by atoms with Crippen LogP contribution in [0.25, 0.3) is 0 Å². The summed E-state index contributed by atoms with van der Waals surface area (Å²) in [6.45, 7) is 2.30. The topological polar surface area (TPSA) is 43.8 Å². The summed E-state index contributed by atoms with van der Waals surface area (Å²) < 4.78 is 1.84. The van der Waals surface area contributed by atoms with Crippen LogP contribution in [0, 0.1) is 11.8 Å². The summed E-state index contributed by atoms with van der Waals surface area (Å²) in [5, 5.41) is 4.42. The van der Waals surface area contributed by atoms with E-state index in [1.807, 2.05) is 17.9 Å². The molecule has 1 aliphatic rings. The van der Waals surface area contributed by atoms with E-state index < -0.39 is 0 Å². The number of nitrogens with two attached hydrogens (primary N) is 1. The van der Waals surface area contributed by atoms with Crippen LogP contribution >= 0.6 is 0 Å². The number of nitrogens with zero attached hydrogens (tertiary/aromatic N) is 2. The Labute approximate surface area is 98.0 Å². The van der Waals surface area contributed by atoms with Crippen LogP contribution in [0.2, 0.25) is 0 Å². The molecule has 1 aliphatic carbocycles. The molecule has 1 fully saturated rings. The monoisotopic (exact) mass is 221 g/mol. The van der Waals surface area contributed by atoms with Gasteiger partial charge >= 0.3 is 0 Å². The smallest absolute Gasteiger partial charge is 0.0794 e. The third-order valence-electron chi connectivity index (χ3n) is 4.05. The van der Waals surface area contributed by atoms with Crippen LogP contribution in [-0.4, -0.2) is 9.78 Å². The SMILES string of the molecule is CCC1CCC(C(N)c2ccn(C)n2)CC1. The van der Waals surface area contributed by atoms with Gasteiger partial charge in [-0.15, -0.1) is 0 Å². The highest BCUT2D eigenvalue weighted by Crippen LogP contribution is 2.36. The third-order valence-corrected chi connectivity index (χ3v) is 4.05. The first-order valence-corrected chi connectivity index (χ1v) is 6.45. The Morgan fingerprint density at radius 3 is 2.62 bits per heavy atom. The van der Waals surface area contributed by atoms with Gasteiger partial charge in [-0.3, -0.25) is 4.68 Å². The van der Waals surface area contributed by atoms with Crippen molar-refractivity contribution in [1.82, 2.24) is 9.78 Å². The van der Waals surface area contributed by atoms with Gasteiger partial charge in [0, 0.05) is 13.2 Å². The molecular formula is C13H23N3. The number of aromatic nitrogens is 2. The molecule has 0 bridgehead atoms. The van der Waals surface area contributed by atoms with E-state index in [1.54, 1.807) is 0 Å². The fraction of sp³-hybridized carbons (Fsp3) is 0.769. The van der Waals surface area contributed by atoms with Crippen molar-refractivity contribution >= 4 is 0 Å². The van der Waals surface area contributed by atoms with Crippen molar-refractivity contribution in [2.24, 2.45) is 24.6 Å². The Hall–Kier alpha value is -0.830. The highest BCUT2D eigenvalue weighted by Gasteiger charge is 2.26. The lowest BCUT2D eigenvalue weighted by Gasteiger charge is -2.30. The normalized spacial score (nSPS) is 27.9. The fourth-order valence-electron chi connectivity index (χ4n) is 2.81. The summed E-state index contributed by atoms with van der Waals surface area (Å²) in [4.78, 5) is 0. The minimum absolute atomic E-state index is 0.138. The molecule has 2 N–H and O–H groups in total. The van der Waals surface area contributed by atoms with Crippen molar-refractivity contribution in [2.45, 2.75) is 45.1 Å². The molecule has 2 rings (SSSR count). The zero-order valence-electron chi connectivity index (χ0n) is 10.4. The van der Waals surface area contributed by atoms with Gasteiger partial charge in [-0.1, -0.05) is 26.2 Å². The molecule has 0 aromatic carbocycles. The Morgan fingerprint density at radius 1 is 1.44 bits per heavy atom. The van der Waals surface area contributed by atoms with Gasteiger partial charge in [-0.25, -0.2) is 0 Å². The van der Waals surface area contributed by atoms with E-state index in [1.165, 1.54) is 32.1 Å². The summed E-state index contributed by atoms with van der Waals surface area (Å²) in [6.07, 6.45) is 8.55. The molecule has 3 heteroatoms. The lowest BCUT2D eigenvalue weighted by molar-refractivity contribution is 0.237. The molecule has 0 aliphatic heterocycles. The predicted octanol–water partition coefficient (Wildman–Crippen LogP) is 2.64. The molecule has 1 saturated carbocycles. The minimum atomic E-state index is 0.138. The molecule has 90 valence electrons. The van der Waals surface area contributed by atoms with E-state index in [2.05, 4.69) is 18.1 Å². The predicted molar refractivity (Wildman–Crippen MR) is 65.9 cm³/mol. The highest BCUT2D eigenvalue weighted by molar-refractivity contribution is 5.06. The van der Waals surface area contributed by atoms with Crippen molar-refractivity contribution in [3.63, 3.8) is 0 Å². The lowest BCUT2D eigenvalue weighted by atomic mass is 9.77. The van der Waals surface area contributed by atoms with Crippen molar-refractivity contribution in [1.29, 1.82) is 0 Å². The second kappa shape index (κ2) is 5.00. The molecule has 1 aromatic heterocycles. The van der Waals surface area contributed by atoms with Crippen LogP contribution in [0.5, 0.6) is 0 Å². The summed E-state index contributed by atoms with van der Waals surface area (Å²) in [6, 6.07) is 2.19. The molecule has 16 heavy (non-hydrogen) atoms. The minimum Gasteiger partial charge on any atom is -0.322 e. The summed E-state index contributed by atoms with van der Waals surface area (Å²) in [5.74, 6) is 1.57. The Bertz CT molecular complexity index is 324. The van der Waals surface area contributed by atoms with E-state index in [9.17, 15) is 0 Å². The van der Waals surface area contributed by atoms with Crippen LogP contribution in [0.1, 0.15) is 50.8 Å². The van der Waals surface area contributed by atoms with Crippen LogP contribution in [0.3, 0.4) is 0 Å². The Morgan fingerprint density at radius 2 is 2.12 bits per heavy atom. The lowest BCUT2D eigenvalue weighted by Crippen LogP contribution is -2.26. The number of hydrogen-bond acceptors (Lipinski definition) is 2. The van der Waals surface area contributed by atoms with E-state index in [0.29, 0.717) is 5.92 Å². The van der Waals surface area contributed by atoms with Gasteiger partial charge in [-0.2, -0.15) is 5.10 Å². The molecule has 1 unspecified atom stereocenters. The Kier molecular flexibility index (Phi) is 3.64. The number of rotatable bonds is 3. The second-order valence-corrected chi connectivity index (χ2v) is 5.13. The molecule has 1 heterocycles. The van der Waals surface area contributed by atoms with Crippen molar-refractivity contribution in [3.8, 4) is 0 Å². The number of aryl methyl sites for hydroxylation is 1. The van der Waals surface area contributed by atoms with E-state index in [-0.39, 0.29) is 6.04 Å². The second-order valence-electron chi connectivity index (χ2n) is 5.13. The van der Waals surface area contributed by atoms with Gasteiger partial charge < -0.3 is 5.73 Å². The van der Waals surface area contributed by atoms with E-state index >= 15 is 0 Å². The number of hydrogen-bond donors (Lipinski definition) is 1. The van der Waals surface area contributed by atoms with Gasteiger partial charge in [-0.05, 0) is 30.7 Å². The molecule has 1 aromatic rings. The quantitative estimate of drug-likeness (QED) is 0.852. The van der Waals surface area contributed by atoms with Crippen LogP contribution in [-0.2, 0) is 7.05 Å². The first kappa shape index (κ1) is 11.6. The summed E-state index contributed by atoms with van der Waals surface area (Å²) in [5.41, 5.74) is 7.35. The van der Waals surface area contributed by atoms with Gasteiger partial charge in [0.1, 0.15) is 0 Å². The molecule has 0 amide bonds. The molecule has 0 spiro atoms. The summed E-state index contributed by atoms with van der Waals surface area (Å²) >= 11 is 0. The average Bonchev–Trinajstić information content (AvgIpc) is 2.75. The van der Waals surface area contributed by atoms with Crippen molar-refractivity contribution < 1.29 is 0 Å². The van der Waals surface area contributed by atoms with Gasteiger partial charge in [0.15, 0.2) is 0 Å². The first-order valence-electron chi connectivity index (χ1n) is 6.45. The third kappa shape index (κ3) is 2.46. The Balaban J connectivity index is 1.93. The molecule has 1 atom stereocenters. The zero-order chi connectivity index (χ0) is 11.5. The van der Waals surface area contributed by atoms with E-state index in [0.717, 1.165) is 11.6 Å². The molecule has 0 saturated heterocycles. The summed E-state index contributed by atoms with van der Waals surface area (Å²) in [7, 11) is 1.95. The van der Waals surface area contributed by atoms with Crippen LogP contribution in [0.4, 0.5) is 0 Å². The van der Waals surface area contributed by atoms with Crippen LogP contribution < -0.4 is 5.73 Å². The molecule has 3 nitrogen and oxygen atoms in total. The average molecular weight is 221 g/mol. The largest absolute Gasteiger partial charge is 0.322 e. The van der Waals surface area contributed by atoms with Crippen LogP contribution in [0.15, 0.2) is 12.3 Å². The molecule has 0 radical (unpaired) electrons. The van der Waals surface area contributed by atoms with Gasteiger partial charge in [0.2, 0.25) is 0 Å². The first-order chi connectivity index (χ1) is 7.70. The molecular weight excluding hydrogens is 198 g/mol. The zero-order valence-corrected chi connectivity index (χ0v) is 10.4. The van der Waals surface area contributed by atoms with Crippen molar-refractivity contribution in [3.05, 3.63) is 18.0 Å². The van der Waals surface area contributed by atoms with Gasteiger partial charge in [0.25, 0.3) is 0 Å². The maximum absolute atomic E-state index is 6.29. The maximum Gasteiger partial charge on any atom is 0.0794 e. The van der Waals surface area contributed by atoms with Crippen molar-refractivity contribution in [2.75, 3.05) is 0 Å². The van der Waals surface area contributed by atoms with Gasteiger partial charge in [0.05, 0.1) is 11.7 Å².